The van der Waals surface area contributed by atoms with Gasteiger partial charge in [0.2, 0.25) is 0 Å². The van der Waals surface area contributed by atoms with Gasteiger partial charge in [-0.2, -0.15) is 0 Å². The summed E-state index contributed by atoms with van der Waals surface area (Å²) in [5, 5.41) is 45.7. The highest BCUT2D eigenvalue weighted by atomic mass is 16.6. The minimum Gasteiger partial charge on any atom is -0.393 e. The van der Waals surface area contributed by atoms with Crippen LogP contribution in [-0.4, -0.2) is 56.3 Å². The molecular formula is C6H13NO6. The molecule has 0 aliphatic carbocycles. The van der Waals surface area contributed by atoms with Crippen LogP contribution in [0.25, 0.3) is 0 Å². The summed E-state index contributed by atoms with van der Waals surface area (Å²) in [6.45, 7) is -0.698. The van der Waals surface area contributed by atoms with E-state index in [0.717, 1.165) is 6.92 Å². The van der Waals surface area contributed by atoms with Crippen molar-refractivity contribution in [1.29, 1.82) is 0 Å². The first kappa shape index (κ1) is 12.2. The van der Waals surface area contributed by atoms with Crippen LogP contribution in [0.2, 0.25) is 0 Å². The van der Waals surface area contributed by atoms with E-state index in [1.54, 1.807) is 0 Å². The number of nitrogens with zero attached hydrogens (tertiary/aromatic N) is 1. The molecule has 13 heavy (non-hydrogen) atoms. The lowest BCUT2D eigenvalue weighted by Crippen LogP contribution is -2.55. The van der Waals surface area contributed by atoms with Crippen LogP contribution in [0.5, 0.6) is 0 Å². The van der Waals surface area contributed by atoms with Crippen molar-refractivity contribution in [2.75, 3.05) is 13.2 Å². The summed E-state index contributed by atoms with van der Waals surface area (Å²) < 4.78 is 0. The predicted molar refractivity (Wildman–Crippen MR) is 41.6 cm³/mol. The molecule has 7 nitrogen and oxygen atoms in total. The highest BCUT2D eigenvalue weighted by Crippen LogP contribution is 2.15. The Balaban J connectivity index is 4.70. The Morgan fingerprint density at radius 1 is 1.54 bits per heavy atom. The van der Waals surface area contributed by atoms with Gasteiger partial charge in [-0.25, -0.2) is 0 Å². The van der Waals surface area contributed by atoms with Gasteiger partial charge >= 0.3 is 0 Å². The van der Waals surface area contributed by atoms with E-state index in [4.69, 9.17) is 15.3 Å². The maximum atomic E-state index is 10.4. The van der Waals surface area contributed by atoms with E-state index >= 15 is 0 Å². The summed E-state index contributed by atoms with van der Waals surface area (Å²) in [6.07, 6.45) is -1.70. The van der Waals surface area contributed by atoms with Crippen LogP contribution in [0.15, 0.2) is 0 Å². The third-order valence-electron chi connectivity index (χ3n) is 1.74. The van der Waals surface area contributed by atoms with Crippen LogP contribution in [0.4, 0.5) is 0 Å². The minimum atomic E-state index is -2.05. The first-order valence-corrected chi connectivity index (χ1v) is 3.62. The first-order chi connectivity index (χ1) is 5.86. The average Bonchev–Trinajstić information content (AvgIpc) is 2.03. The molecule has 0 aliphatic rings. The number of hydrogen-bond acceptors (Lipinski definition) is 6. The van der Waals surface area contributed by atoms with E-state index in [0.29, 0.717) is 0 Å². The SMILES string of the molecule is CC(O)(CO)C(C(O)CO)[N+](=O)[O-]. The molecule has 0 fully saturated rings. The molecule has 0 heterocycles. The highest BCUT2D eigenvalue weighted by molar-refractivity contribution is 4.86. The molecule has 0 aromatic heterocycles. The lowest BCUT2D eigenvalue weighted by molar-refractivity contribution is -0.558. The predicted octanol–water partition coefficient (Wildman–Crippen LogP) is -2.27. The second-order valence-electron chi connectivity index (χ2n) is 3.00. The van der Waals surface area contributed by atoms with Gasteiger partial charge in [-0.05, 0) is 6.92 Å². The molecule has 0 aromatic rings. The van der Waals surface area contributed by atoms with Gasteiger partial charge in [-0.1, -0.05) is 0 Å². The summed E-state index contributed by atoms with van der Waals surface area (Å²) in [6, 6.07) is -1.80. The zero-order chi connectivity index (χ0) is 10.6. The topological polar surface area (TPSA) is 124 Å². The molecular weight excluding hydrogens is 182 g/mol. The molecule has 0 spiro atoms. The average molecular weight is 195 g/mol. The van der Waals surface area contributed by atoms with Crippen molar-refractivity contribution in [3.63, 3.8) is 0 Å². The molecule has 0 aliphatic heterocycles. The van der Waals surface area contributed by atoms with E-state index in [9.17, 15) is 15.2 Å². The van der Waals surface area contributed by atoms with Gasteiger partial charge in [0.1, 0.15) is 6.10 Å². The molecule has 0 saturated heterocycles. The van der Waals surface area contributed by atoms with Gasteiger partial charge in [-0.3, -0.25) is 10.1 Å². The van der Waals surface area contributed by atoms with E-state index in [1.807, 2.05) is 0 Å². The van der Waals surface area contributed by atoms with E-state index in [2.05, 4.69) is 0 Å². The summed E-state index contributed by atoms with van der Waals surface area (Å²) in [7, 11) is 0. The van der Waals surface area contributed by atoms with Crippen molar-refractivity contribution in [3.8, 4) is 0 Å². The lowest BCUT2D eigenvalue weighted by atomic mass is 9.93. The third kappa shape index (κ3) is 2.88. The van der Waals surface area contributed by atoms with Gasteiger partial charge in [0, 0.05) is 4.92 Å². The summed E-state index contributed by atoms with van der Waals surface area (Å²) in [5.74, 6) is 0. The molecule has 0 bridgehead atoms. The van der Waals surface area contributed by atoms with E-state index < -0.39 is 35.9 Å². The van der Waals surface area contributed by atoms with Crippen molar-refractivity contribution in [1.82, 2.24) is 0 Å². The Morgan fingerprint density at radius 2 is 2.00 bits per heavy atom. The third-order valence-corrected chi connectivity index (χ3v) is 1.74. The molecule has 0 aromatic carbocycles. The number of aliphatic hydroxyl groups is 4. The largest absolute Gasteiger partial charge is 0.393 e. The van der Waals surface area contributed by atoms with Gasteiger partial charge in [0.15, 0.2) is 5.60 Å². The van der Waals surface area contributed by atoms with E-state index in [-0.39, 0.29) is 0 Å². The van der Waals surface area contributed by atoms with Crippen LogP contribution < -0.4 is 0 Å². The molecule has 0 radical (unpaired) electrons. The Bertz CT molecular complexity index is 182. The summed E-state index contributed by atoms with van der Waals surface area (Å²) in [4.78, 5) is 9.44. The monoisotopic (exact) mass is 195 g/mol. The molecule has 7 heteroatoms. The van der Waals surface area contributed by atoms with Crippen molar-refractivity contribution in [2.45, 2.75) is 24.7 Å². The van der Waals surface area contributed by atoms with Crippen molar-refractivity contribution >= 4 is 0 Å². The molecule has 0 amide bonds. The summed E-state index contributed by atoms with van der Waals surface area (Å²) >= 11 is 0. The van der Waals surface area contributed by atoms with Crippen LogP contribution in [0.1, 0.15) is 6.92 Å². The number of nitro groups is 1. The van der Waals surface area contributed by atoms with Crippen LogP contribution in [0, 0.1) is 10.1 Å². The fourth-order valence-corrected chi connectivity index (χ4v) is 0.975. The highest BCUT2D eigenvalue weighted by Gasteiger charge is 2.46. The Kier molecular flexibility index (Phi) is 4.21. The van der Waals surface area contributed by atoms with E-state index in [1.165, 1.54) is 0 Å². The Hall–Kier alpha value is -0.760. The molecule has 78 valence electrons. The first-order valence-electron chi connectivity index (χ1n) is 3.62. The molecule has 3 unspecified atom stereocenters. The standard InChI is InChI=1S/C6H13NO6/c1-6(11,3-9)5(7(12)13)4(10)2-8/h4-5,8-11H,2-3H2,1H3. The molecule has 4 N–H and O–H groups in total. The zero-order valence-electron chi connectivity index (χ0n) is 7.12. The fourth-order valence-electron chi connectivity index (χ4n) is 0.975. The maximum Gasteiger partial charge on any atom is 0.270 e. The Morgan fingerprint density at radius 3 is 2.23 bits per heavy atom. The smallest absolute Gasteiger partial charge is 0.270 e. The lowest BCUT2D eigenvalue weighted by Gasteiger charge is -2.26. The molecule has 0 rings (SSSR count). The molecule has 0 saturated carbocycles. The van der Waals surface area contributed by atoms with Gasteiger partial charge < -0.3 is 20.4 Å². The van der Waals surface area contributed by atoms with Gasteiger partial charge in [-0.15, -0.1) is 0 Å². The van der Waals surface area contributed by atoms with Gasteiger partial charge in [0.05, 0.1) is 13.2 Å². The van der Waals surface area contributed by atoms with Crippen LogP contribution in [-0.2, 0) is 0 Å². The zero-order valence-corrected chi connectivity index (χ0v) is 7.12. The Labute approximate surface area is 74.4 Å². The number of aliphatic hydroxyl groups excluding tert-OH is 3. The minimum absolute atomic E-state index is 0.845. The van der Waals surface area contributed by atoms with Gasteiger partial charge in [0.25, 0.3) is 6.04 Å². The van der Waals surface area contributed by atoms with Crippen LogP contribution in [0.3, 0.4) is 0 Å². The molecule has 3 atom stereocenters. The summed E-state index contributed by atoms with van der Waals surface area (Å²) in [5.41, 5.74) is -2.05. The maximum absolute atomic E-state index is 10.4. The van der Waals surface area contributed by atoms with Crippen LogP contribution >= 0.6 is 0 Å². The van der Waals surface area contributed by atoms with Crippen molar-refractivity contribution in [3.05, 3.63) is 10.1 Å². The van der Waals surface area contributed by atoms with Crippen molar-refractivity contribution in [2.24, 2.45) is 0 Å². The second kappa shape index (κ2) is 4.47. The normalized spacial score (nSPS) is 20.4. The van der Waals surface area contributed by atoms with Crippen molar-refractivity contribution < 1.29 is 25.3 Å². The number of rotatable bonds is 5. The quantitative estimate of drug-likeness (QED) is 0.289. The fraction of sp³-hybridized carbons (Fsp3) is 1.00. The second-order valence-corrected chi connectivity index (χ2v) is 3.00. The number of hydrogen-bond donors (Lipinski definition) is 4.